The number of hydrogen-bond acceptors (Lipinski definition) is 3. The smallest absolute Gasteiger partial charge is 0.407 e. The van der Waals surface area contributed by atoms with Crippen LogP contribution < -0.4 is 5.32 Å². The number of rotatable bonds is 7. The Morgan fingerprint density at radius 2 is 2.13 bits per heavy atom. The van der Waals surface area contributed by atoms with E-state index in [9.17, 15) is 4.79 Å². The molecule has 0 fully saturated rings. The van der Waals surface area contributed by atoms with E-state index in [0.717, 1.165) is 6.42 Å². The van der Waals surface area contributed by atoms with Gasteiger partial charge in [-0.05, 0) is 12.3 Å². The minimum Gasteiger partial charge on any atom is -0.447 e. The second kappa shape index (κ2) is 8.29. The van der Waals surface area contributed by atoms with Gasteiger partial charge in [0.25, 0.3) is 0 Å². The SMILES string of the molecule is C=CC(CC(C)C)NC(=O)OCCOC. The first-order valence-corrected chi connectivity index (χ1v) is 5.15. The number of methoxy groups -OCH3 is 1. The van der Waals surface area contributed by atoms with Crippen molar-refractivity contribution in [2.24, 2.45) is 5.92 Å². The van der Waals surface area contributed by atoms with Crippen LogP contribution in [0.25, 0.3) is 0 Å². The van der Waals surface area contributed by atoms with E-state index in [1.165, 1.54) is 0 Å². The molecule has 0 radical (unpaired) electrons. The molecule has 0 aromatic carbocycles. The maximum Gasteiger partial charge on any atom is 0.407 e. The molecule has 0 saturated heterocycles. The highest BCUT2D eigenvalue weighted by molar-refractivity contribution is 5.67. The van der Waals surface area contributed by atoms with Gasteiger partial charge >= 0.3 is 6.09 Å². The molecule has 0 aliphatic rings. The zero-order valence-electron chi connectivity index (χ0n) is 9.79. The summed E-state index contributed by atoms with van der Waals surface area (Å²) in [6, 6.07) is -0.0277. The number of carbonyl (C=O) groups is 1. The summed E-state index contributed by atoms with van der Waals surface area (Å²) in [5.74, 6) is 0.507. The Hall–Kier alpha value is -1.03. The highest BCUT2D eigenvalue weighted by atomic mass is 16.6. The Labute approximate surface area is 91.6 Å². The molecular weight excluding hydrogens is 194 g/mol. The molecular formula is C11H21NO3. The van der Waals surface area contributed by atoms with Crippen LogP contribution in [0.1, 0.15) is 20.3 Å². The normalized spacial score (nSPS) is 12.3. The van der Waals surface area contributed by atoms with Gasteiger partial charge in [-0.1, -0.05) is 19.9 Å². The number of ether oxygens (including phenoxy) is 2. The predicted octanol–water partition coefficient (Wildman–Crippen LogP) is 1.96. The minimum absolute atomic E-state index is 0.0277. The Morgan fingerprint density at radius 3 is 2.60 bits per heavy atom. The van der Waals surface area contributed by atoms with Crippen LogP contribution in [0.3, 0.4) is 0 Å². The van der Waals surface area contributed by atoms with Crippen molar-refractivity contribution in [3.8, 4) is 0 Å². The molecule has 0 bridgehead atoms. The van der Waals surface area contributed by atoms with E-state index < -0.39 is 6.09 Å². The van der Waals surface area contributed by atoms with Crippen LogP contribution in [-0.2, 0) is 9.47 Å². The zero-order valence-corrected chi connectivity index (χ0v) is 9.79. The molecule has 1 N–H and O–H groups in total. The van der Waals surface area contributed by atoms with Crippen LogP contribution in [0.2, 0.25) is 0 Å². The van der Waals surface area contributed by atoms with Crippen molar-refractivity contribution in [1.29, 1.82) is 0 Å². The van der Waals surface area contributed by atoms with E-state index in [1.807, 2.05) is 0 Å². The van der Waals surface area contributed by atoms with Gasteiger partial charge in [0, 0.05) is 7.11 Å². The van der Waals surface area contributed by atoms with Gasteiger partial charge in [-0.25, -0.2) is 4.79 Å². The van der Waals surface area contributed by atoms with Crippen molar-refractivity contribution in [2.45, 2.75) is 26.3 Å². The van der Waals surface area contributed by atoms with Crippen LogP contribution in [0.5, 0.6) is 0 Å². The first-order chi connectivity index (χ1) is 7.10. The van der Waals surface area contributed by atoms with Gasteiger partial charge in [-0.2, -0.15) is 0 Å². The van der Waals surface area contributed by atoms with Crippen molar-refractivity contribution in [1.82, 2.24) is 5.32 Å². The van der Waals surface area contributed by atoms with Gasteiger partial charge in [-0.3, -0.25) is 0 Å². The number of carbonyl (C=O) groups excluding carboxylic acids is 1. The summed E-state index contributed by atoms with van der Waals surface area (Å²) >= 11 is 0. The number of amides is 1. The Bertz CT molecular complexity index is 192. The third-order valence-electron chi connectivity index (χ3n) is 1.83. The van der Waals surface area contributed by atoms with Crippen molar-refractivity contribution in [3.05, 3.63) is 12.7 Å². The van der Waals surface area contributed by atoms with Crippen LogP contribution in [0.4, 0.5) is 4.79 Å². The average Bonchev–Trinajstić information content (AvgIpc) is 2.16. The summed E-state index contributed by atoms with van der Waals surface area (Å²) in [6.45, 7) is 8.54. The van der Waals surface area contributed by atoms with E-state index in [-0.39, 0.29) is 12.6 Å². The fraction of sp³-hybridized carbons (Fsp3) is 0.727. The first kappa shape index (κ1) is 14.0. The average molecular weight is 215 g/mol. The molecule has 0 saturated carbocycles. The van der Waals surface area contributed by atoms with Crippen LogP contribution in [0, 0.1) is 5.92 Å². The maximum absolute atomic E-state index is 11.2. The predicted molar refractivity (Wildman–Crippen MR) is 59.8 cm³/mol. The molecule has 4 nitrogen and oxygen atoms in total. The largest absolute Gasteiger partial charge is 0.447 e. The second-order valence-corrected chi connectivity index (χ2v) is 3.74. The molecule has 0 aliphatic heterocycles. The van der Waals surface area contributed by atoms with Crippen molar-refractivity contribution in [2.75, 3.05) is 20.3 Å². The van der Waals surface area contributed by atoms with Gasteiger partial charge in [0.15, 0.2) is 0 Å². The van der Waals surface area contributed by atoms with E-state index in [4.69, 9.17) is 9.47 Å². The lowest BCUT2D eigenvalue weighted by atomic mass is 10.0. The van der Waals surface area contributed by atoms with Crippen LogP contribution in [-0.4, -0.2) is 32.5 Å². The van der Waals surface area contributed by atoms with E-state index in [2.05, 4.69) is 25.7 Å². The standard InChI is InChI=1S/C11H21NO3/c1-5-10(8-9(2)3)12-11(13)15-7-6-14-4/h5,9-10H,1,6-8H2,2-4H3,(H,12,13). The molecule has 0 aromatic rings. The van der Waals surface area contributed by atoms with E-state index in [1.54, 1.807) is 13.2 Å². The first-order valence-electron chi connectivity index (χ1n) is 5.15. The lowest BCUT2D eigenvalue weighted by Gasteiger charge is -2.16. The van der Waals surface area contributed by atoms with E-state index >= 15 is 0 Å². The van der Waals surface area contributed by atoms with Gasteiger partial charge < -0.3 is 14.8 Å². The van der Waals surface area contributed by atoms with Crippen molar-refractivity contribution in [3.63, 3.8) is 0 Å². The lowest BCUT2D eigenvalue weighted by molar-refractivity contribution is 0.0969. The number of hydrogen-bond donors (Lipinski definition) is 1. The quantitative estimate of drug-likeness (QED) is 0.521. The Kier molecular flexibility index (Phi) is 7.72. The van der Waals surface area contributed by atoms with Gasteiger partial charge in [0.05, 0.1) is 12.6 Å². The molecule has 4 heteroatoms. The van der Waals surface area contributed by atoms with Gasteiger partial charge in [0.2, 0.25) is 0 Å². The molecule has 15 heavy (non-hydrogen) atoms. The molecule has 1 unspecified atom stereocenters. The molecule has 88 valence electrons. The van der Waals surface area contributed by atoms with Crippen LogP contribution >= 0.6 is 0 Å². The molecule has 0 aliphatic carbocycles. The summed E-state index contributed by atoms with van der Waals surface area (Å²) in [7, 11) is 1.56. The van der Waals surface area contributed by atoms with Crippen molar-refractivity contribution >= 4 is 6.09 Å². The number of nitrogens with one attached hydrogen (secondary N) is 1. The summed E-state index contributed by atoms with van der Waals surface area (Å²) in [5.41, 5.74) is 0. The van der Waals surface area contributed by atoms with Crippen LogP contribution in [0.15, 0.2) is 12.7 Å². The summed E-state index contributed by atoms with van der Waals surface area (Å²) < 4.78 is 9.64. The second-order valence-electron chi connectivity index (χ2n) is 3.74. The Balaban J connectivity index is 3.75. The topological polar surface area (TPSA) is 47.6 Å². The van der Waals surface area contributed by atoms with E-state index in [0.29, 0.717) is 12.5 Å². The molecule has 1 amide bonds. The molecule has 0 rings (SSSR count). The summed E-state index contributed by atoms with van der Waals surface area (Å²) in [6.07, 6.45) is 2.16. The third kappa shape index (κ3) is 8.00. The zero-order chi connectivity index (χ0) is 11.7. The van der Waals surface area contributed by atoms with Gasteiger partial charge in [0.1, 0.15) is 6.61 Å². The lowest BCUT2D eigenvalue weighted by Crippen LogP contribution is -2.35. The maximum atomic E-state index is 11.2. The van der Waals surface area contributed by atoms with Crippen molar-refractivity contribution < 1.29 is 14.3 Å². The molecule has 0 aromatic heterocycles. The molecule has 0 heterocycles. The van der Waals surface area contributed by atoms with Gasteiger partial charge in [-0.15, -0.1) is 6.58 Å². The monoisotopic (exact) mass is 215 g/mol. The third-order valence-corrected chi connectivity index (χ3v) is 1.83. The highest BCUT2D eigenvalue weighted by Gasteiger charge is 2.10. The fourth-order valence-corrected chi connectivity index (χ4v) is 1.13. The summed E-state index contributed by atoms with van der Waals surface area (Å²) in [5, 5.41) is 2.72. The Morgan fingerprint density at radius 1 is 1.47 bits per heavy atom. The highest BCUT2D eigenvalue weighted by Crippen LogP contribution is 2.05. The fourth-order valence-electron chi connectivity index (χ4n) is 1.13. The molecule has 0 spiro atoms. The number of alkyl carbamates (subject to hydrolysis) is 1. The minimum atomic E-state index is -0.419. The summed E-state index contributed by atoms with van der Waals surface area (Å²) in [4.78, 5) is 11.2. The molecule has 1 atom stereocenters.